The van der Waals surface area contributed by atoms with E-state index in [2.05, 4.69) is 11.8 Å². The lowest BCUT2D eigenvalue weighted by Gasteiger charge is -2.26. The number of para-hydroxylation sites is 1. The van der Waals surface area contributed by atoms with Crippen molar-refractivity contribution in [1.82, 2.24) is 4.90 Å². The second kappa shape index (κ2) is 11.0. The fraction of sp³-hybridized carbons (Fsp3) is 0.429. The Bertz CT molecular complexity index is 693. The molecule has 2 aromatic rings. The predicted octanol–water partition coefficient (Wildman–Crippen LogP) is 4.01. The first-order valence-electron chi connectivity index (χ1n) is 9.06. The molecular formula is C21H28ClNO4. The van der Waals surface area contributed by atoms with Crippen molar-refractivity contribution in [3.8, 4) is 17.2 Å². The molecule has 0 aliphatic carbocycles. The van der Waals surface area contributed by atoms with Gasteiger partial charge in [-0.25, -0.2) is 0 Å². The second-order valence-corrected chi connectivity index (χ2v) is 6.74. The normalized spacial score (nSPS) is 12.1. The Hall–Kier alpha value is -1.95. The average Bonchev–Trinajstić information content (AvgIpc) is 2.67. The summed E-state index contributed by atoms with van der Waals surface area (Å²) >= 11 is 5.87. The van der Waals surface area contributed by atoms with Crippen LogP contribution in [0.25, 0.3) is 0 Å². The molecule has 0 heterocycles. The maximum absolute atomic E-state index is 10.4. The zero-order valence-electron chi connectivity index (χ0n) is 16.2. The largest absolute Gasteiger partial charge is 0.493 e. The van der Waals surface area contributed by atoms with Crippen molar-refractivity contribution < 1.29 is 19.3 Å². The maximum atomic E-state index is 10.4. The third-order valence-electron chi connectivity index (χ3n) is 4.14. The molecule has 6 heteroatoms. The minimum absolute atomic E-state index is 0.219. The second-order valence-electron chi connectivity index (χ2n) is 6.31. The zero-order valence-corrected chi connectivity index (χ0v) is 16.9. The van der Waals surface area contributed by atoms with Crippen molar-refractivity contribution in [1.29, 1.82) is 0 Å². The molecule has 2 rings (SSSR count). The van der Waals surface area contributed by atoms with E-state index in [0.29, 0.717) is 29.6 Å². The number of hydrogen-bond acceptors (Lipinski definition) is 5. The van der Waals surface area contributed by atoms with E-state index in [4.69, 9.17) is 25.8 Å². The van der Waals surface area contributed by atoms with Gasteiger partial charge < -0.3 is 19.3 Å². The van der Waals surface area contributed by atoms with Gasteiger partial charge >= 0.3 is 0 Å². The van der Waals surface area contributed by atoms with Gasteiger partial charge in [0, 0.05) is 23.7 Å². The lowest BCUT2D eigenvalue weighted by atomic mass is 10.1. The van der Waals surface area contributed by atoms with Gasteiger partial charge in [-0.1, -0.05) is 30.7 Å². The molecule has 148 valence electrons. The van der Waals surface area contributed by atoms with Crippen LogP contribution in [0.1, 0.15) is 18.9 Å². The summed E-state index contributed by atoms with van der Waals surface area (Å²) in [5.41, 5.74) is 1.02. The molecule has 0 aliphatic rings. The van der Waals surface area contributed by atoms with Crippen LogP contribution in [0.15, 0.2) is 42.5 Å². The Morgan fingerprint density at radius 1 is 1.07 bits per heavy atom. The van der Waals surface area contributed by atoms with E-state index in [9.17, 15) is 5.11 Å². The van der Waals surface area contributed by atoms with Gasteiger partial charge in [-0.05, 0) is 43.3 Å². The summed E-state index contributed by atoms with van der Waals surface area (Å²) in [6, 6.07) is 13.0. The molecule has 0 amide bonds. The van der Waals surface area contributed by atoms with Crippen LogP contribution in [0.5, 0.6) is 17.2 Å². The first-order valence-corrected chi connectivity index (χ1v) is 9.43. The van der Waals surface area contributed by atoms with Crippen molar-refractivity contribution in [2.24, 2.45) is 0 Å². The molecule has 0 saturated carbocycles. The first kappa shape index (κ1) is 21.4. The first-order chi connectivity index (χ1) is 13.1. The number of ether oxygens (including phenoxy) is 3. The van der Waals surface area contributed by atoms with Gasteiger partial charge in [0.25, 0.3) is 0 Å². The minimum atomic E-state index is -0.608. The highest BCUT2D eigenvalue weighted by molar-refractivity contribution is 6.30. The highest BCUT2D eigenvalue weighted by Gasteiger charge is 2.16. The van der Waals surface area contributed by atoms with Gasteiger partial charge in [0.1, 0.15) is 18.5 Å². The summed E-state index contributed by atoms with van der Waals surface area (Å²) in [6.07, 6.45) is 0.376. The molecule has 0 radical (unpaired) electrons. The summed E-state index contributed by atoms with van der Waals surface area (Å²) in [5.74, 6) is 2.13. The molecular weight excluding hydrogens is 366 g/mol. The highest BCUT2D eigenvalue weighted by atomic mass is 35.5. The van der Waals surface area contributed by atoms with Crippen LogP contribution in [0.3, 0.4) is 0 Å². The maximum Gasteiger partial charge on any atom is 0.165 e. The molecule has 0 fully saturated rings. The molecule has 0 aliphatic heterocycles. The number of aliphatic hydroxyl groups is 1. The Morgan fingerprint density at radius 3 is 2.44 bits per heavy atom. The van der Waals surface area contributed by atoms with Gasteiger partial charge in [0.2, 0.25) is 0 Å². The number of halogens is 1. The smallest absolute Gasteiger partial charge is 0.165 e. The number of methoxy groups -OCH3 is 2. The van der Waals surface area contributed by atoms with E-state index in [0.717, 1.165) is 24.3 Å². The molecule has 0 spiro atoms. The summed E-state index contributed by atoms with van der Waals surface area (Å²) in [7, 11) is 3.27. The van der Waals surface area contributed by atoms with E-state index >= 15 is 0 Å². The molecule has 0 saturated heterocycles. The van der Waals surface area contributed by atoms with E-state index in [1.165, 1.54) is 0 Å². The highest BCUT2D eigenvalue weighted by Crippen LogP contribution is 2.31. The van der Waals surface area contributed by atoms with Crippen molar-refractivity contribution in [3.63, 3.8) is 0 Å². The molecule has 27 heavy (non-hydrogen) atoms. The Balaban J connectivity index is 1.97. The number of hydrogen-bond donors (Lipinski definition) is 1. The quantitative estimate of drug-likeness (QED) is 0.625. The Morgan fingerprint density at radius 2 is 1.81 bits per heavy atom. The average molecular weight is 394 g/mol. The fourth-order valence-corrected chi connectivity index (χ4v) is 3.07. The SMILES string of the molecule is CCCN(Cc1cccc(OC)c1OC)C[C@@H](O)COc1ccc(Cl)cc1. The zero-order chi connectivity index (χ0) is 19.6. The fourth-order valence-electron chi connectivity index (χ4n) is 2.94. The van der Waals surface area contributed by atoms with Crippen LogP contribution in [0, 0.1) is 0 Å². The predicted molar refractivity (Wildman–Crippen MR) is 108 cm³/mol. The monoisotopic (exact) mass is 393 g/mol. The minimum Gasteiger partial charge on any atom is -0.493 e. The Kier molecular flexibility index (Phi) is 8.72. The third-order valence-corrected chi connectivity index (χ3v) is 4.40. The van der Waals surface area contributed by atoms with Crippen molar-refractivity contribution in [2.75, 3.05) is 33.9 Å². The van der Waals surface area contributed by atoms with E-state index in [-0.39, 0.29) is 6.61 Å². The third kappa shape index (κ3) is 6.61. The molecule has 1 atom stereocenters. The summed E-state index contributed by atoms with van der Waals surface area (Å²) in [5, 5.41) is 11.1. The Labute approximate surface area is 166 Å². The molecule has 0 unspecified atom stereocenters. The number of nitrogens with zero attached hydrogens (tertiary/aromatic N) is 1. The molecule has 1 N–H and O–H groups in total. The van der Waals surface area contributed by atoms with E-state index in [1.807, 2.05) is 18.2 Å². The van der Waals surface area contributed by atoms with E-state index < -0.39 is 6.10 Å². The van der Waals surface area contributed by atoms with Crippen LogP contribution < -0.4 is 14.2 Å². The molecule has 0 bridgehead atoms. The van der Waals surface area contributed by atoms with Gasteiger partial charge in [-0.3, -0.25) is 4.90 Å². The van der Waals surface area contributed by atoms with Gasteiger partial charge in [-0.2, -0.15) is 0 Å². The van der Waals surface area contributed by atoms with Crippen molar-refractivity contribution in [3.05, 3.63) is 53.1 Å². The summed E-state index contributed by atoms with van der Waals surface area (Å²) < 4.78 is 16.5. The molecule has 0 aromatic heterocycles. The van der Waals surface area contributed by atoms with Crippen LogP contribution in [0.2, 0.25) is 5.02 Å². The standard InChI is InChI=1S/C21H28ClNO4/c1-4-12-23(13-16-6-5-7-20(25-2)21(16)26-3)14-18(24)15-27-19-10-8-17(22)9-11-19/h5-11,18,24H,4,12-15H2,1-3H3/t18-/m1/s1. The van der Waals surface area contributed by atoms with Crippen molar-refractivity contribution >= 4 is 11.6 Å². The number of aliphatic hydroxyl groups excluding tert-OH is 1. The van der Waals surface area contributed by atoms with Gasteiger partial charge in [0.05, 0.1) is 14.2 Å². The number of rotatable bonds is 11. The van der Waals surface area contributed by atoms with Gasteiger partial charge in [0.15, 0.2) is 11.5 Å². The van der Waals surface area contributed by atoms with Crippen LogP contribution in [-0.4, -0.2) is 50.0 Å². The molecule has 2 aromatic carbocycles. The van der Waals surface area contributed by atoms with Gasteiger partial charge in [-0.15, -0.1) is 0 Å². The lowest BCUT2D eigenvalue weighted by Crippen LogP contribution is -2.36. The number of benzene rings is 2. The summed E-state index contributed by atoms with van der Waals surface area (Å²) in [6.45, 7) is 4.36. The summed E-state index contributed by atoms with van der Waals surface area (Å²) in [4.78, 5) is 2.19. The van der Waals surface area contributed by atoms with Crippen LogP contribution in [0.4, 0.5) is 0 Å². The van der Waals surface area contributed by atoms with Crippen LogP contribution >= 0.6 is 11.6 Å². The topological polar surface area (TPSA) is 51.2 Å². The molecule has 5 nitrogen and oxygen atoms in total. The van der Waals surface area contributed by atoms with Crippen molar-refractivity contribution in [2.45, 2.75) is 26.0 Å². The van der Waals surface area contributed by atoms with Crippen LogP contribution in [-0.2, 0) is 6.54 Å². The lowest BCUT2D eigenvalue weighted by molar-refractivity contribution is 0.0653. The van der Waals surface area contributed by atoms with E-state index in [1.54, 1.807) is 38.5 Å².